The van der Waals surface area contributed by atoms with Crippen LogP contribution in [0.3, 0.4) is 0 Å². The van der Waals surface area contributed by atoms with E-state index in [4.69, 9.17) is 0 Å². The van der Waals surface area contributed by atoms with E-state index >= 15 is 0 Å². The average Bonchev–Trinajstić information content (AvgIpc) is 2.94. The Labute approximate surface area is 135 Å². The lowest BCUT2D eigenvalue weighted by molar-refractivity contribution is 0.0751. The van der Waals surface area contributed by atoms with E-state index in [1.807, 2.05) is 16.3 Å². The number of carbonyl (C=O) groups is 1. The molecule has 1 fully saturated rings. The van der Waals surface area contributed by atoms with E-state index < -0.39 is 0 Å². The summed E-state index contributed by atoms with van der Waals surface area (Å²) in [6.45, 7) is 2.89. The number of amides is 1. The van der Waals surface area contributed by atoms with Crippen molar-refractivity contribution in [1.29, 1.82) is 0 Å². The number of anilines is 1. The molecule has 1 saturated heterocycles. The van der Waals surface area contributed by atoms with Crippen LogP contribution in [0.25, 0.3) is 0 Å². The van der Waals surface area contributed by atoms with Gasteiger partial charge in [0.05, 0.1) is 0 Å². The zero-order valence-electron chi connectivity index (χ0n) is 11.3. The number of hydrogen-bond acceptors (Lipinski definition) is 3. The van der Waals surface area contributed by atoms with Crippen LogP contribution in [0.2, 0.25) is 0 Å². The van der Waals surface area contributed by atoms with Crippen molar-refractivity contribution in [3.8, 4) is 0 Å². The second-order valence-electron chi connectivity index (χ2n) is 4.85. The summed E-state index contributed by atoms with van der Waals surface area (Å²) >= 11 is 4.86. The predicted octanol–water partition coefficient (Wildman–Crippen LogP) is 3.61. The molecule has 3 nitrogen and oxygen atoms in total. The Morgan fingerprint density at radius 1 is 1.10 bits per heavy atom. The lowest BCUT2D eigenvalue weighted by Crippen LogP contribution is -2.48. The highest BCUT2D eigenvalue weighted by molar-refractivity contribution is 9.10. The molecule has 0 N–H and O–H groups in total. The number of piperazine rings is 1. The lowest BCUT2D eigenvalue weighted by atomic mass is 10.2. The summed E-state index contributed by atoms with van der Waals surface area (Å²) in [6.07, 6.45) is 0. The molecule has 0 aliphatic carbocycles. The third-order valence-corrected chi connectivity index (χ3v) is 5.40. The molecule has 1 aromatic carbocycles. The number of nitrogens with zero attached hydrogens (tertiary/aromatic N) is 2. The van der Waals surface area contributed by atoms with Gasteiger partial charge in [-0.1, -0.05) is 0 Å². The molecule has 2 aromatic rings. The maximum Gasteiger partial charge on any atom is 0.265 e. The molecule has 21 heavy (non-hydrogen) atoms. The van der Waals surface area contributed by atoms with Crippen molar-refractivity contribution in [3.63, 3.8) is 0 Å². The number of halogens is 2. The molecule has 0 spiro atoms. The van der Waals surface area contributed by atoms with Gasteiger partial charge < -0.3 is 9.80 Å². The van der Waals surface area contributed by atoms with Gasteiger partial charge in [-0.2, -0.15) is 0 Å². The van der Waals surface area contributed by atoms with Crippen molar-refractivity contribution in [2.75, 3.05) is 31.1 Å². The zero-order chi connectivity index (χ0) is 14.8. The second-order valence-corrected chi connectivity index (χ2v) is 6.62. The SMILES string of the molecule is O=C(c1sccc1Br)N1CCN(c2ccc(F)cc2)CC1. The maximum atomic E-state index is 12.9. The van der Waals surface area contributed by atoms with Crippen LogP contribution in [0.1, 0.15) is 9.67 Å². The van der Waals surface area contributed by atoms with Crippen LogP contribution in [0, 0.1) is 5.82 Å². The number of benzene rings is 1. The van der Waals surface area contributed by atoms with Gasteiger partial charge >= 0.3 is 0 Å². The van der Waals surface area contributed by atoms with Crippen LogP contribution < -0.4 is 4.90 Å². The number of hydrogen-bond donors (Lipinski definition) is 0. The largest absolute Gasteiger partial charge is 0.368 e. The van der Waals surface area contributed by atoms with Gasteiger partial charge in [0.15, 0.2) is 0 Å². The van der Waals surface area contributed by atoms with E-state index in [1.54, 1.807) is 12.1 Å². The Morgan fingerprint density at radius 3 is 2.33 bits per heavy atom. The van der Waals surface area contributed by atoms with Crippen LogP contribution in [-0.4, -0.2) is 37.0 Å². The summed E-state index contributed by atoms with van der Waals surface area (Å²) in [5.41, 5.74) is 1.00. The summed E-state index contributed by atoms with van der Waals surface area (Å²) in [6, 6.07) is 8.39. The van der Waals surface area contributed by atoms with E-state index in [2.05, 4.69) is 20.8 Å². The van der Waals surface area contributed by atoms with Crippen molar-refractivity contribution < 1.29 is 9.18 Å². The average molecular weight is 369 g/mol. The molecule has 110 valence electrons. The number of rotatable bonds is 2. The van der Waals surface area contributed by atoms with Crippen molar-refractivity contribution >= 4 is 38.9 Å². The molecule has 0 bridgehead atoms. The summed E-state index contributed by atoms with van der Waals surface area (Å²) in [4.78, 5) is 17.2. The first kappa shape index (κ1) is 14.5. The van der Waals surface area contributed by atoms with Gasteiger partial charge in [-0.25, -0.2) is 4.39 Å². The van der Waals surface area contributed by atoms with Crippen molar-refractivity contribution in [1.82, 2.24) is 4.90 Å². The summed E-state index contributed by atoms with van der Waals surface area (Å²) in [7, 11) is 0. The zero-order valence-corrected chi connectivity index (χ0v) is 13.7. The normalized spacial score (nSPS) is 15.3. The molecule has 0 saturated carbocycles. The highest BCUT2D eigenvalue weighted by atomic mass is 79.9. The second kappa shape index (κ2) is 6.15. The highest BCUT2D eigenvalue weighted by Crippen LogP contribution is 2.25. The minimum atomic E-state index is -0.227. The van der Waals surface area contributed by atoms with Gasteiger partial charge in [0, 0.05) is 36.3 Å². The van der Waals surface area contributed by atoms with Crippen LogP contribution in [0.15, 0.2) is 40.2 Å². The smallest absolute Gasteiger partial charge is 0.265 e. The number of thiophene rings is 1. The Morgan fingerprint density at radius 2 is 1.76 bits per heavy atom. The maximum absolute atomic E-state index is 12.9. The van der Waals surface area contributed by atoms with Gasteiger partial charge in [-0.05, 0) is 51.6 Å². The first-order chi connectivity index (χ1) is 10.1. The summed E-state index contributed by atoms with van der Waals surface area (Å²) in [5, 5.41) is 1.91. The summed E-state index contributed by atoms with van der Waals surface area (Å²) in [5.74, 6) is -0.147. The molecule has 1 aromatic heterocycles. The fraction of sp³-hybridized carbons (Fsp3) is 0.267. The van der Waals surface area contributed by atoms with Gasteiger partial charge in [0.1, 0.15) is 10.7 Å². The Bertz CT molecular complexity index is 635. The van der Waals surface area contributed by atoms with E-state index in [-0.39, 0.29) is 11.7 Å². The standard InChI is InChI=1S/C15H14BrFN2OS/c16-13-5-10-21-14(13)15(20)19-8-6-18(7-9-19)12-3-1-11(17)2-4-12/h1-5,10H,6-9H2. The third kappa shape index (κ3) is 3.11. The van der Waals surface area contributed by atoms with E-state index in [0.717, 1.165) is 28.1 Å². The predicted molar refractivity (Wildman–Crippen MR) is 86.5 cm³/mol. The number of carbonyl (C=O) groups excluding carboxylic acids is 1. The fourth-order valence-electron chi connectivity index (χ4n) is 2.41. The quantitative estimate of drug-likeness (QED) is 0.808. The van der Waals surface area contributed by atoms with Gasteiger partial charge in [0.2, 0.25) is 0 Å². The first-order valence-corrected chi connectivity index (χ1v) is 8.35. The molecule has 1 amide bonds. The minimum Gasteiger partial charge on any atom is -0.368 e. The van der Waals surface area contributed by atoms with Gasteiger partial charge in [0.25, 0.3) is 5.91 Å². The Balaban J connectivity index is 1.64. The molecule has 6 heteroatoms. The monoisotopic (exact) mass is 368 g/mol. The third-order valence-electron chi connectivity index (χ3n) is 3.57. The topological polar surface area (TPSA) is 23.6 Å². The Hall–Kier alpha value is -1.40. The van der Waals surface area contributed by atoms with Crippen LogP contribution >= 0.6 is 27.3 Å². The minimum absolute atomic E-state index is 0.0793. The lowest BCUT2D eigenvalue weighted by Gasteiger charge is -2.36. The molecule has 1 aliphatic rings. The van der Waals surface area contributed by atoms with Crippen LogP contribution in [-0.2, 0) is 0 Å². The fourth-order valence-corrected chi connectivity index (χ4v) is 3.92. The molecule has 0 unspecified atom stereocenters. The summed E-state index contributed by atoms with van der Waals surface area (Å²) < 4.78 is 13.8. The van der Waals surface area contributed by atoms with Crippen LogP contribution in [0.4, 0.5) is 10.1 Å². The van der Waals surface area contributed by atoms with Crippen LogP contribution in [0.5, 0.6) is 0 Å². The van der Waals surface area contributed by atoms with Crippen molar-refractivity contribution in [2.24, 2.45) is 0 Å². The highest BCUT2D eigenvalue weighted by Gasteiger charge is 2.24. The Kier molecular flexibility index (Phi) is 4.26. The van der Waals surface area contributed by atoms with Gasteiger partial charge in [-0.15, -0.1) is 11.3 Å². The molecule has 0 radical (unpaired) electrons. The van der Waals surface area contributed by atoms with E-state index in [0.29, 0.717) is 13.1 Å². The molecule has 1 aliphatic heterocycles. The molecule has 0 atom stereocenters. The molecule has 2 heterocycles. The van der Waals surface area contributed by atoms with Crippen molar-refractivity contribution in [2.45, 2.75) is 0 Å². The molecule has 3 rings (SSSR count). The first-order valence-electron chi connectivity index (χ1n) is 6.68. The van der Waals surface area contributed by atoms with Gasteiger partial charge in [-0.3, -0.25) is 4.79 Å². The molecular formula is C15H14BrFN2OS. The van der Waals surface area contributed by atoms with Crippen molar-refractivity contribution in [3.05, 3.63) is 50.9 Å². The van der Waals surface area contributed by atoms with E-state index in [1.165, 1.54) is 23.5 Å². The molecular weight excluding hydrogens is 355 g/mol. The van der Waals surface area contributed by atoms with E-state index in [9.17, 15) is 9.18 Å².